The number of rotatable bonds is 1. The van der Waals surface area contributed by atoms with E-state index in [1.165, 1.54) is 6.20 Å². The van der Waals surface area contributed by atoms with E-state index < -0.39 is 17.6 Å². The number of nitrogens with two attached hydrogens (primary N) is 1. The molecule has 1 amide bonds. The van der Waals surface area contributed by atoms with Gasteiger partial charge in [-0.3, -0.25) is 9.78 Å². The van der Waals surface area contributed by atoms with E-state index in [-0.39, 0.29) is 13.1 Å². The first kappa shape index (κ1) is 13.8. The van der Waals surface area contributed by atoms with Crippen LogP contribution in [0.15, 0.2) is 24.5 Å². The molecule has 1 atom stereocenters. The van der Waals surface area contributed by atoms with E-state index in [2.05, 4.69) is 4.98 Å². The van der Waals surface area contributed by atoms with Gasteiger partial charge in [0.25, 0.3) is 0 Å². The quantitative estimate of drug-likeness (QED) is 0.842. The predicted octanol–water partition coefficient (Wildman–Crippen LogP) is 1.42. The minimum atomic E-state index is -4.85. The lowest BCUT2D eigenvalue weighted by molar-refractivity contribution is -0.187. The Morgan fingerprint density at radius 2 is 2.21 bits per heavy atom. The van der Waals surface area contributed by atoms with Crippen LogP contribution in [0, 0.1) is 0 Å². The van der Waals surface area contributed by atoms with Gasteiger partial charge in [-0.2, -0.15) is 13.2 Å². The van der Waals surface area contributed by atoms with E-state index in [1.807, 2.05) is 0 Å². The molecule has 0 aliphatic carbocycles. The van der Waals surface area contributed by atoms with E-state index in [0.717, 1.165) is 4.90 Å². The van der Waals surface area contributed by atoms with Crippen LogP contribution in [0.4, 0.5) is 13.2 Å². The number of hydrogen-bond acceptors (Lipinski definition) is 3. The molecule has 1 saturated heterocycles. The molecule has 1 aliphatic rings. The van der Waals surface area contributed by atoms with E-state index in [4.69, 9.17) is 5.73 Å². The highest BCUT2D eigenvalue weighted by molar-refractivity contribution is 5.82. The smallest absolute Gasteiger partial charge is 0.333 e. The van der Waals surface area contributed by atoms with Crippen molar-refractivity contribution in [1.29, 1.82) is 0 Å². The summed E-state index contributed by atoms with van der Waals surface area (Å²) in [5.41, 5.74) is 5.83. The van der Waals surface area contributed by atoms with Gasteiger partial charge in [0.2, 0.25) is 0 Å². The molecule has 0 saturated carbocycles. The van der Waals surface area contributed by atoms with Crippen LogP contribution in [0.25, 0.3) is 0 Å². The van der Waals surface area contributed by atoms with Gasteiger partial charge in [-0.1, -0.05) is 6.07 Å². The molecule has 4 nitrogen and oxygen atoms in total. The number of carbonyl (C=O) groups excluding carboxylic acids is 1. The summed E-state index contributed by atoms with van der Waals surface area (Å²) in [6.45, 7) is -0.0609. The lowest BCUT2D eigenvalue weighted by atomic mass is 9.84. The number of likely N-dealkylation sites (tertiary alicyclic amines) is 1. The largest absolute Gasteiger partial charge is 0.471 e. The Bertz CT molecular complexity index is 463. The van der Waals surface area contributed by atoms with E-state index in [9.17, 15) is 18.0 Å². The van der Waals surface area contributed by atoms with Crippen molar-refractivity contribution in [3.8, 4) is 0 Å². The Labute approximate surface area is 108 Å². The molecule has 2 rings (SSSR count). The summed E-state index contributed by atoms with van der Waals surface area (Å²) < 4.78 is 37.3. The topological polar surface area (TPSA) is 59.2 Å². The molecule has 7 heteroatoms. The molecule has 2 N–H and O–H groups in total. The highest BCUT2D eigenvalue weighted by Gasteiger charge is 2.46. The lowest BCUT2D eigenvalue weighted by Crippen LogP contribution is -2.56. The fraction of sp³-hybridized carbons (Fsp3) is 0.500. The molecular formula is C12H14F3N3O. The fourth-order valence-corrected chi connectivity index (χ4v) is 2.33. The minimum absolute atomic E-state index is 0.0809. The van der Waals surface area contributed by atoms with Crippen LogP contribution in [0.1, 0.15) is 18.4 Å². The summed E-state index contributed by atoms with van der Waals surface area (Å²) >= 11 is 0. The minimum Gasteiger partial charge on any atom is -0.333 e. The number of halogens is 3. The monoisotopic (exact) mass is 273 g/mol. The van der Waals surface area contributed by atoms with Crippen LogP contribution in [-0.2, 0) is 10.3 Å². The van der Waals surface area contributed by atoms with Crippen molar-refractivity contribution < 1.29 is 18.0 Å². The second-order valence-corrected chi connectivity index (χ2v) is 4.73. The molecule has 0 bridgehead atoms. The zero-order valence-electron chi connectivity index (χ0n) is 10.2. The van der Waals surface area contributed by atoms with Crippen LogP contribution in [0.2, 0.25) is 0 Å². The number of aromatic nitrogens is 1. The summed E-state index contributed by atoms with van der Waals surface area (Å²) in [6, 6.07) is 3.39. The molecular weight excluding hydrogens is 259 g/mol. The average molecular weight is 273 g/mol. The Balaban J connectivity index is 2.20. The maximum absolute atomic E-state index is 12.4. The molecule has 104 valence electrons. The first-order valence-corrected chi connectivity index (χ1v) is 5.88. The summed E-state index contributed by atoms with van der Waals surface area (Å²) in [6.07, 6.45) is -0.795. The predicted molar refractivity (Wildman–Crippen MR) is 62.0 cm³/mol. The molecule has 1 unspecified atom stereocenters. The van der Waals surface area contributed by atoms with Crippen molar-refractivity contribution in [3.63, 3.8) is 0 Å². The molecule has 1 fully saturated rings. The van der Waals surface area contributed by atoms with Crippen molar-refractivity contribution in [3.05, 3.63) is 30.1 Å². The highest BCUT2D eigenvalue weighted by Crippen LogP contribution is 2.30. The lowest BCUT2D eigenvalue weighted by Gasteiger charge is -2.40. The summed E-state index contributed by atoms with van der Waals surface area (Å²) in [5.74, 6) is -1.83. The molecule has 19 heavy (non-hydrogen) atoms. The average Bonchev–Trinajstić information content (AvgIpc) is 2.38. The Morgan fingerprint density at radius 1 is 1.47 bits per heavy atom. The Morgan fingerprint density at radius 3 is 2.79 bits per heavy atom. The van der Waals surface area contributed by atoms with Gasteiger partial charge in [-0.15, -0.1) is 0 Å². The summed E-state index contributed by atoms with van der Waals surface area (Å²) in [4.78, 5) is 16.0. The van der Waals surface area contributed by atoms with Gasteiger partial charge >= 0.3 is 12.1 Å². The standard InChI is InChI=1S/C12H14F3N3O/c13-12(14,15)10(19)18-6-2-4-11(16,8-18)9-3-1-5-17-7-9/h1,3,5,7H,2,4,6,8,16H2. The highest BCUT2D eigenvalue weighted by atomic mass is 19.4. The van der Waals surface area contributed by atoms with E-state index in [0.29, 0.717) is 18.4 Å². The summed E-state index contributed by atoms with van der Waals surface area (Å²) in [7, 11) is 0. The molecule has 0 spiro atoms. The van der Waals surface area contributed by atoms with Crippen molar-refractivity contribution >= 4 is 5.91 Å². The number of carbonyl (C=O) groups is 1. The second kappa shape index (κ2) is 4.80. The summed E-state index contributed by atoms with van der Waals surface area (Å²) in [5, 5.41) is 0. The number of nitrogens with zero attached hydrogens (tertiary/aromatic N) is 2. The maximum atomic E-state index is 12.4. The third kappa shape index (κ3) is 2.86. The van der Waals surface area contributed by atoms with Crippen molar-refractivity contribution in [2.75, 3.05) is 13.1 Å². The van der Waals surface area contributed by atoms with Gasteiger partial charge in [0, 0.05) is 25.5 Å². The SMILES string of the molecule is NC1(c2cccnc2)CCCN(C(=O)C(F)(F)F)C1. The van der Waals surface area contributed by atoms with E-state index in [1.54, 1.807) is 18.3 Å². The van der Waals surface area contributed by atoms with Crippen LogP contribution in [-0.4, -0.2) is 35.1 Å². The Hall–Kier alpha value is -1.63. The fourth-order valence-electron chi connectivity index (χ4n) is 2.33. The van der Waals surface area contributed by atoms with Crippen LogP contribution in [0.5, 0.6) is 0 Å². The number of hydrogen-bond donors (Lipinski definition) is 1. The number of alkyl halides is 3. The van der Waals surface area contributed by atoms with Crippen molar-refractivity contribution in [1.82, 2.24) is 9.88 Å². The van der Waals surface area contributed by atoms with Gasteiger partial charge < -0.3 is 10.6 Å². The Kier molecular flexibility index (Phi) is 3.49. The van der Waals surface area contributed by atoms with Gasteiger partial charge in [0.15, 0.2) is 0 Å². The van der Waals surface area contributed by atoms with Crippen molar-refractivity contribution in [2.24, 2.45) is 5.73 Å². The van der Waals surface area contributed by atoms with Gasteiger partial charge in [0.1, 0.15) is 0 Å². The molecule has 1 aliphatic heterocycles. The normalized spacial score (nSPS) is 24.3. The van der Waals surface area contributed by atoms with Crippen molar-refractivity contribution in [2.45, 2.75) is 24.6 Å². The zero-order chi connectivity index (χ0) is 14.1. The van der Waals surface area contributed by atoms with Crippen LogP contribution >= 0.6 is 0 Å². The molecule has 1 aromatic heterocycles. The molecule has 2 heterocycles. The zero-order valence-corrected chi connectivity index (χ0v) is 10.2. The van der Waals surface area contributed by atoms with E-state index >= 15 is 0 Å². The molecule has 0 aromatic carbocycles. The first-order valence-electron chi connectivity index (χ1n) is 5.88. The maximum Gasteiger partial charge on any atom is 0.471 e. The number of pyridine rings is 1. The third-order valence-electron chi connectivity index (χ3n) is 3.29. The molecule has 1 aromatic rings. The van der Waals surface area contributed by atoms with Crippen LogP contribution in [0.3, 0.4) is 0 Å². The van der Waals surface area contributed by atoms with Gasteiger partial charge in [-0.25, -0.2) is 0 Å². The molecule has 0 radical (unpaired) electrons. The second-order valence-electron chi connectivity index (χ2n) is 4.73. The van der Waals surface area contributed by atoms with Gasteiger partial charge in [0.05, 0.1) is 5.54 Å². The van der Waals surface area contributed by atoms with Crippen LogP contribution < -0.4 is 5.73 Å². The number of piperidine rings is 1. The first-order chi connectivity index (χ1) is 8.83. The van der Waals surface area contributed by atoms with Gasteiger partial charge in [-0.05, 0) is 24.5 Å². The third-order valence-corrected chi connectivity index (χ3v) is 3.29. The number of amides is 1.